The Morgan fingerprint density at radius 2 is 2.16 bits per heavy atom. The van der Waals surface area contributed by atoms with Crippen molar-refractivity contribution in [1.82, 2.24) is 9.88 Å². The van der Waals surface area contributed by atoms with Gasteiger partial charge in [-0.1, -0.05) is 0 Å². The molecule has 0 unspecified atom stereocenters. The SMILES string of the molecule is CCNc1ccc(C(=O)N(CC)CCOCC)cn1. The van der Waals surface area contributed by atoms with Gasteiger partial charge >= 0.3 is 0 Å². The van der Waals surface area contributed by atoms with Crippen LogP contribution < -0.4 is 5.32 Å². The maximum absolute atomic E-state index is 12.2. The van der Waals surface area contributed by atoms with Crippen molar-refractivity contribution in [2.75, 3.05) is 38.2 Å². The summed E-state index contributed by atoms with van der Waals surface area (Å²) < 4.78 is 5.28. The van der Waals surface area contributed by atoms with Gasteiger partial charge in [0.05, 0.1) is 12.2 Å². The Kier molecular flexibility index (Phi) is 6.89. The van der Waals surface area contributed by atoms with E-state index in [2.05, 4.69) is 10.3 Å². The summed E-state index contributed by atoms with van der Waals surface area (Å²) in [5.41, 5.74) is 0.611. The second kappa shape index (κ2) is 8.48. The first kappa shape index (κ1) is 15.4. The Balaban J connectivity index is 2.63. The van der Waals surface area contributed by atoms with Crippen molar-refractivity contribution in [3.05, 3.63) is 23.9 Å². The third kappa shape index (κ3) is 4.87. The molecule has 1 heterocycles. The predicted octanol–water partition coefficient (Wildman–Crippen LogP) is 2.01. The van der Waals surface area contributed by atoms with Gasteiger partial charge in [-0.3, -0.25) is 4.79 Å². The highest BCUT2D eigenvalue weighted by molar-refractivity contribution is 5.94. The second-order valence-corrected chi connectivity index (χ2v) is 4.04. The van der Waals surface area contributed by atoms with Gasteiger partial charge in [0.1, 0.15) is 5.82 Å². The first-order valence-corrected chi connectivity index (χ1v) is 6.79. The fourth-order valence-corrected chi connectivity index (χ4v) is 1.71. The monoisotopic (exact) mass is 265 g/mol. The van der Waals surface area contributed by atoms with E-state index in [4.69, 9.17) is 4.74 Å². The van der Waals surface area contributed by atoms with Crippen LogP contribution in [0.3, 0.4) is 0 Å². The van der Waals surface area contributed by atoms with Crippen molar-refractivity contribution in [3.8, 4) is 0 Å². The highest BCUT2D eigenvalue weighted by Gasteiger charge is 2.14. The highest BCUT2D eigenvalue weighted by Crippen LogP contribution is 2.08. The molecule has 0 aromatic carbocycles. The molecule has 0 aliphatic rings. The fraction of sp³-hybridized carbons (Fsp3) is 0.571. The maximum Gasteiger partial charge on any atom is 0.255 e. The van der Waals surface area contributed by atoms with E-state index < -0.39 is 0 Å². The quantitative estimate of drug-likeness (QED) is 0.731. The van der Waals surface area contributed by atoms with Crippen LogP contribution in [0.5, 0.6) is 0 Å². The number of anilines is 1. The molecule has 1 rings (SSSR count). The average molecular weight is 265 g/mol. The number of hydrogen-bond acceptors (Lipinski definition) is 4. The Bertz CT molecular complexity index is 379. The van der Waals surface area contributed by atoms with E-state index in [1.807, 2.05) is 26.8 Å². The van der Waals surface area contributed by atoms with Gasteiger partial charge in [-0.05, 0) is 32.9 Å². The Hall–Kier alpha value is -1.62. The number of carbonyl (C=O) groups excluding carboxylic acids is 1. The summed E-state index contributed by atoms with van der Waals surface area (Å²) in [5, 5.41) is 3.10. The number of carbonyl (C=O) groups is 1. The van der Waals surface area contributed by atoms with Gasteiger partial charge in [-0.25, -0.2) is 4.98 Å². The lowest BCUT2D eigenvalue weighted by Crippen LogP contribution is -2.34. The Labute approximate surface area is 115 Å². The molecule has 19 heavy (non-hydrogen) atoms. The van der Waals surface area contributed by atoms with Gasteiger partial charge in [-0.2, -0.15) is 0 Å². The molecular formula is C14H23N3O2. The molecular weight excluding hydrogens is 242 g/mol. The van der Waals surface area contributed by atoms with Crippen molar-refractivity contribution in [2.45, 2.75) is 20.8 Å². The molecule has 0 bridgehead atoms. The van der Waals surface area contributed by atoms with Crippen LogP contribution in [0, 0.1) is 0 Å². The van der Waals surface area contributed by atoms with Crippen LogP contribution in [0.1, 0.15) is 31.1 Å². The minimum atomic E-state index is -0.00208. The van der Waals surface area contributed by atoms with Crippen LogP contribution in [0.4, 0.5) is 5.82 Å². The van der Waals surface area contributed by atoms with Crippen molar-refractivity contribution in [1.29, 1.82) is 0 Å². The lowest BCUT2D eigenvalue weighted by molar-refractivity contribution is 0.0669. The Morgan fingerprint density at radius 1 is 1.37 bits per heavy atom. The lowest BCUT2D eigenvalue weighted by Gasteiger charge is -2.20. The average Bonchev–Trinajstić information content (AvgIpc) is 2.44. The van der Waals surface area contributed by atoms with E-state index in [1.54, 1.807) is 17.2 Å². The highest BCUT2D eigenvalue weighted by atomic mass is 16.5. The Morgan fingerprint density at radius 3 is 2.68 bits per heavy atom. The molecule has 0 aliphatic heterocycles. The van der Waals surface area contributed by atoms with Crippen LogP contribution >= 0.6 is 0 Å². The van der Waals surface area contributed by atoms with E-state index >= 15 is 0 Å². The molecule has 1 aromatic heterocycles. The summed E-state index contributed by atoms with van der Waals surface area (Å²) in [5.74, 6) is 0.786. The van der Waals surface area contributed by atoms with Crippen LogP contribution in [-0.4, -0.2) is 48.6 Å². The summed E-state index contributed by atoms with van der Waals surface area (Å²) >= 11 is 0. The van der Waals surface area contributed by atoms with Gasteiger partial charge in [0.2, 0.25) is 0 Å². The molecule has 5 nitrogen and oxygen atoms in total. The number of pyridine rings is 1. The number of rotatable bonds is 8. The molecule has 0 aliphatic carbocycles. The van der Waals surface area contributed by atoms with Crippen LogP contribution in [0.15, 0.2) is 18.3 Å². The third-order valence-electron chi connectivity index (χ3n) is 2.75. The van der Waals surface area contributed by atoms with E-state index in [-0.39, 0.29) is 5.91 Å². The first-order chi connectivity index (χ1) is 9.22. The number of nitrogens with zero attached hydrogens (tertiary/aromatic N) is 2. The van der Waals surface area contributed by atoms with Crippen molar-refractivity contribution >= 4 is 11.7 Å². The number of nitrogens with one attached hydrogen (secondary N) is 1. The zero-order valence-corrected chi connectivity index (χ0v) is 12.0. The largest absolute Gasteiger partial charge is 0.380 e. The molecule has 1 N–H and O–H groups in total. The number of ether oxygens (including phenoxy) is 1. The lowest BCUT2D eigenvalue weighted by atomic mass is 10.2. The van der Waals surface area contributed by atoms with Crippen LogP contribution in [0.2, 0.25) is 0 Å². The van der Waals surface area contributed by atoms with Gasteiger partial charge in [-0.15, -0.1) is 0 Å². The normalized spacial score (nSPS) is 10.3. The molecule has 0 saturated carbocycles. The minimum absolute atomic E-state index is 0.00208. The molecule has 1 amide bonds. The summed E-state index contributed by atoms with van der Waals surface area (Å²) in [6.07, 6.45) is 1.61. The maximum atomic E-state index is 12.2. The summed E-state index contributed by atoms with van der Waals surface area (Å²) in [7, 11) is 0. The standard InChI is InChI=1S/C14H23N3O2/c1-4-15-13-8-7-12(11-16-13)14(18)17(5-2)9-10-19-6-3/h7-8,11H,4-6,9-10H2,1-3H3,(H,15,16). The molecule has 1 aromatic rings. The third-order valence-corrected chi connectivity index (χ3v) is 2.75. The van der Waals surface area contributed by atoms with Crippen LogP contribution in [-0.2, 0) is 4.74 Å². The minimum Gasteiger partial charge on any atom is -0.380 e. The van der Waals surface area contributed by atoms with Crippen molar-refractivity contribution < 1.29 is 9.53 Å². The van der Waals surface area contributed by atoms with E-state index in [0.717, 1.165) is 12.4 Å². The van der Waals surface area contributed by atoms with Gasteiger partial charge < -0.3 is 15.0 Å². The second-order valence-electron chi connectivity index (χ2n) is 4.04. The molecule has 0 saturated heterocycles. The molecule has 0 spiro atoms. The molecule has 0 radical (unpaired) electrons. The zero-order valence-electron chi connectivity index (χ0n) is 12.0. The van der Waals surface area contributed by atoms with Crippen molar-refractivity contribution in [2.24, 2.45) is 0 Å². The van der Waals surface area contributed by atoms with Crippen molar-refractivity contribution in [3.63, 3.8) is 0 Å². The molecule has 0 fully saturated rings. The molecule has 5 heteroatoms. The fourth-order valence-electron chi connectivity index (χ4n) is 1.71. The van der Waals surface area contributed by atoms with Gasteiger partial charge in [0.25, 0.3) is 5.91 Å². The van der Waals surface area contributed by atoms with E-state index in [1.165, 1.54) is 0 Å². The topological polar surface area (TPSA) is 54.5 Å². The smallest absolute Gasteiger partial charge is 0.255 e. The summed E-state index contributed by atoms with van der Waals surface area (Å²) in [6, 6.07) is 3.63. The number of aromatic nitrogens is 1. The number of likely N-dealkylation sites (N-methyl/N-ethyl adjacent to an activating group) is 1. The molecule has 0 atom stereocenters. The zero-order chi connectivity index (χ0) is 14.1. The van der Waals surface area contributed by atoms with Crippen LogP contribution in [0.25, 0.3) is 0 Å². The number of amides is 1. The number of hydrogen-bond donors (Lipinski definition) is 1. The van der Waals surface area contributed by atoms with E-state index in [9.17, 15) is 4.79 Å². The predicted molar refractivity (Wildman–Crippen MR) is 76.5 cm³/mol. The first-order valence-electron chi connectivity index (χ1n) is 6.79. The summed E-state index contributed by atoms with van der Waals surface area (Å²) in [4.78, 5) is 18.2. The molecule has 106 valence electrons. The van der Waals surface area contributed by atoms with E-state index in [0.29, 0.717) is 31.9 Å². The summed E-state index contributed by atoms with van der Waals surface area (Å²) in [6.45, 7) is 9.25. The van der Waals surface area contributed by atoms with Gasteiger partial charge in [0, 0.05) is 32.4 Å². The van der Waals surface area contributed by atoms with Gasteiger partial charge in [0.15, 0.2) is 0 Å².